The summed E-state index contributed by atoms with van der Waals surface area (Å²) in [6.45, 7) is 5.17. The summed E-state index contributed by atoms with van der Waals surface area (Å²) >= 11 is 0. The van der Waals surface area contributed by atoms with Gasteiger partial charge in [0.1, 0.15) is 0 Å². The minimum atomic E-state index is -0.453. The molecule has 0 spiro atoms. The summed E-state index contributed by atoms with van der Waals surface area (Å²) in [7, 11) is 0. The van der Waals surface area contributed by atoms with E-state index in [2.05, 4.69) is 11.3 Å². The Bertz CT molecular complexity index is 222. The fourth-order valence-corrected chi connectivity index (χ4v) is 0.439. The topological polar surface area (TPSA) is 26.3 Å². The zero-order valence-corrected chi connectivity index (χ0v) is 7.07. The molecule has 0 aliphatic heterocycles. The molecule has 0 aromatic rings. The quantitative estimate of drug-likeness (QED) is 0.276. The molecule has 0 saturated heterocycles. The second kappa shape index (κ2) is 7.54. The van der Waals surface area contributed by atoms with Gasteiger partial charge in [-0.05, 0) is 13.0 Å². The van der Waals surface area contributed by atoms with Gasteiger partial charge in [-0.1, -0.05) is 30.9 Å². The van der Waals surface area contributed by atoms with Crippen LogP contribution < -0.4 is 0 Å². The number of hydrogen-bond donors (Lipinski definition) is 0. The van der Waals surface area contributed by atoms with E-state index >= 15 is 0 Å². The van der Waals surface area contributed by atoms with Gasteiger partial charge in [-0.15, -0.1) is 0 Å². The summed E-state index contributed by atoms with van der Waals surface area (Å²) in [5.74, 6) is -0.453. The minimum Gasteiger partial charge on any atom is -0.431 e. The molecule has 0 fully saturated rings. The van der Waals surface area contributed by atoms with Crippen LogP contribution in [-0.4, -0.2) is 5.97 Å². The fraction of sp³-hybridized carbons (Fsp3) is 0.100. The van der Waals surface area contributed by atoms with Gasteiger partial charge in [0.2, 0.25) is 0 Å². The Labute approximate surface area is 72.5 Å². The average molecular weight is 164 g/mol. The number of rotatable bonds is 4. The van der Waals surface area contributed by atoms with Crippen LogP contribution >= 0.6 is 0 Å². The van der Waals surface area contributed by atoms with Gasteiger partial charge >= 0.3 is 5.97 Å². The molecule has 0 N–H and O–H groups in total. The predicted octanol–water partition coefficient (Wildman–Crippen LogP) is 2.36. The fourth-order valence-electron chi connectivity index (χ4n) is 0.439. The van der Waals surface area contributed by atoms with Crippen molar-refractivity contribution in [3.8, 4) is 0 Å². The van der Waals surface area contributed by atoms with Gasteiger partial charge in [-0.2, -0.15) is 0 Å². The number of allylic oxidation sites excluding steroid dienone is 5. The Morgan fingerprint density at radius 2 is 1.92 bits per heavy atom. The van der Waals surface area contributed by atoms with Crippen molar-refractivity contribution in [2.75, 3.05) is 0 Å². The highest BCUT2D eigenvalue weighted by molar-refractivity contribution is 5.81. The Hall–Kier alpha value is -1.57. The van der Waals surface area contributed by atoms with Crippen molar-refractivity contribution in [1.82, 2.24) is 0 Å². The van der Waals surface area contributed by atoms with E-state index in [0.717, 1.165) is 6.08 Å². The van der Waals surface area contributed by atoms with Crippen LogP contribution in [0.4, 0.5) is 0 Å². The summed E-state index contributed by atoms with van der Waals surface area (Å²) in [5.41, 5.74) is 0. The molecule has 0 atom stereocenters. The highest BCUT2D eigenvalue weighted by atomic mass is 16.5. The summed E-state index contributed by atoms with van der Waals surface area (Å²) in [6, 6.07) is 0. The van der Waals surface area contributed by atoms with E-state index in [1.54, 1.807) is 12.2 Å². The Kier molecular flexibility index (Phi) is 6.55. The predicted molar refractivity (Wildman–Crippen MR) is 49.4 cm³/mol. The van der Waals surface area contributed by atoms with Crippen molar-refractivity contribution in [1.29, 1.82) is 0 Å². The lowest BCUT2D eigenvalue weighted by Gasteiger charge is -1.87. The largest absolute Gasteiger partial charge is 0.431 e. The Morgan fingerprint density at radius 3 is 2.50 bits per heavy atom. The summed E-state index contributed by atoms with van der Waals surface area (Å²) in [4.78, 5) is 10.5. The molecule has 0 amide bonds. The van der Waals surface area contributed by atoms with Crippen molar-refractivity contribution >= 4 is 5.97 Å². The van der Waals surface area contributed by atoms with E-state index in [4.69, 9.17) is 0 Å². The Balaban J connectivity index is 3.63. The van der Waals surface area contributed by atoms with Crippen LogP contribution in [0.25, 0.3) is 0 Å². The molecule has 0 unspecified atom stereocenters. The normalized spacial score (nSPS) is 11.4. The lowest BCUT2D eigenvalue weighted by molar-refractivity contribution is -0.132. The molecule has 0 rings (SSSR count). The maximum atomic E-state index is 10.5. The Morgan fingerprint density at radius 1 is 1.25 bits per heavy atom. The molecule has 0 aliphatic carbocycles. The van der Waals surface area contributed by atoms with Gasteiger partial charge < -0.3 is 4.74 Å². The number of esters is 1. The van der Waals surface area contributed by atoms with Crippen molar-refractivity contribution in [3.05, 3.63) is 49.3 Å². The third-order valence-electron chi connectivity index (χ3n) is 0.955. The van der Waals surface area contributed by atoms with Crippen LogP contribution in [0.1, 0.15) is 6.92 Å². The van der Waals surface area contributed by atoms with E-state index in [1.807, 2.05) is 25.2 Å². The van der Waals surface area contributed by atoms with E-state index in [-0.39, 0.29) is 0 Å². The first-order valence-electron chi connectivity index (χ1n) is 3.58. The summed E-state index contributed by atoms with van der Waals surface area (Å²) < 4.78 is 4.56. The zero-order valence-electron chi connectivity index (χ0n) is 7.07. The van der Waals surface area contributed by atoms with Crippen LogP contribution in [-0.2, 0) is 9.53 Å². The van der Waals surface area contributed by atoms with E-state index in [0.29, 0.717) is 0 Å². The third kappa shape index (κ3) is 6.55. The first-order valence-corrected chi connectivity index (χ1v) is 3.58. The third-order valence-corrected chi connectivity index (χ3v) is 0.955. The molecule has 0 radical (unpaired) electrons. The molecule has 2 nitrogen and oxygen atoms in total. The van der Waals surface area contributed by atoms with Crippen LogP contribution in [0.15, 0.2) is 49.3 Å². The first-order chi connectivity index (χ1) is 5.81. The molecular weight excluding hydrogens is 152 g/mol. The van der Waals surface area contributed by atoms with E-state index in [9.17, 15) is 4.79 Å². The number of carbonyl (C=O) groups excluding carboxylic acids is 1. The molecule has 0 aromatic carbocycles. The molecular formula is C10H12O2. The SMILES string of the molecule is C=CC(=O)OC=CC=CC=CC. The lowest BCUT2D eigenvalue weighted by Crippen LogP contribution is -1.91. The maximum absolute atomic E-state index is 10.5. The van der Waals surface area contributed by atoms with Crippen molar-refractivity contribution in [2.24, 2.45) is 0 Å². The van der Waals surface area contributed by atoms with Gasteiger partial charge in [0.25, 0.3) is 0 Å². The highest BCUT2D eigenvalue weighted by Crippen LogP contribution is 1.83. The van der Waals surface area contributed by atoms with Crippen molar-refractivity contribution < 1.29 is 9.53 Å². The maximum Gasteiger partial charge on any atom is 0.334 e. The monoisotopic (exact) mass is 164 g/mol. The van der Waals surface area contributed by atoms with Gasteiger partial charge in [-0.25, -0.2) is 4.79 Å². The van der Waals surface area contributed by atoms with Gasteiger partial charge in [0.05, 0.1) is 6.26 Å². The lowest BCUT2D eigenvalue weighted by atomic mass is 10.4. The first kappa shape index (κ1) is 10.4. The summed E-state index contributed by atoms with van der Waals surface area (Å²) in [6.07, 6.45) is 11.4. The number of hydrogen-bond acceptors (Lipinski definition) is 2. The van der Waals surface area contributed by atoms with E-state index in [1.165, 1.54) is 6.26 Å². The summed E-state index contributed by atoms with van der Waals surface area (Å²) in [5, 5.41) is 0. The van der Waals surface area contributed by atoms with Crippen LogP contribution in [0.5, 0.6) is 0 Å². The van der Waals surface area contributed by atoms with Crippen molar-refractivity contribution in [3.63, 3.8) is 0 Å². The smallest absolute Gasteiger partial charge is 0.334 e. The zero-order chi connectivity index (χ0) is 9.23. The van der Waals surface area contributed by atoms with Gasteiger partial charge in [0.15, 0.2) is 0 Å². The molecule has 0 bridgehead atoms. The molecule has 12 heavy (non-hydrogen) atoms. The average Bonchev–Trinajstić information content (AvgIpc) is 2.10. The minimum absolute atomic E-state index is 0.453. The number of ether oxygens (including phenoxy) is 1. The van der Waals surface area contributed by atoms with Crippen LogP contribution in [0.2, 0.25) is 0 Å². The van der Waals surface area contributed by atoms with Crippen LogP contribution in [0, 0.1) is 0 Å². The number of carbonyl (C=O) groups is 1. The van der Waals surface area contributed by atoms with Crippen molar-refractivity contribution in [2.45, 2.75) is 6.92 Å². The molecule has 64 valence electrons. The second-order valence-electron chi connectivity index (χ2n) is 1.88. The molecule has 0 aliphatic rings. The second-order valence-corrected chi connectivity index (χ2v) is 1.88. The van der Waals surface area contributed by atoms with Gasteiger partial charge in [0, 0.05) is 6.08 Å². The molecule has 0 aromatic heterocycles. The highest BCUT2D eigenvalue weighted by Gasteiger charge is 1.86. The molecule has 0 heterocycles. The standard InChI is InChI=1S/C10H12O2/c1-3-5-6-7-8-9-12-10(11)4-2/h3-9H,2H2,1H3. The van der Waals surface area contributed by atoms with Crippen LogP contribution in [0.3, 0.4) is 0 Å². The molecule has 2 heteroatoms. The molecule has 0 saturated carbocycles. The van der Waals surface area contributed by atoms with Gasteiger partial charge in [-0.3, -0.25) is 0 Å². The van der Waals surface area contributed by atoms with E-state index < -0.39 is 5.97 Å².